The fraction of sp³-hybridized carbons (Fsp3) is 0.545. The van der Waals surface area contributed by atoms with E-state index < -0.39 is 59.0 Å². The second-order valence-corrected chi connectivity index (χ2v) is 11.6. The lowest BCUT2D eigenvalue weighted by Crippen LogP contribution is -2.51. The van der Waals surface area contributed by atoms with Gasteiger partial charge in [0.25, 0.3) is 11.8 Å². The Morgan fingerprint density at radius 2 is 1.87 bits per heavy atom. The fourth-order valence-corrected chi connectivity index (χ4v) is 5.89. The number of alkyl halides is 2. The predicted molar refractivity (Wildman–Crippen MR) is 97.1 cm³/mol. The van der Waals surface area contributed by atoms with Gasteiger partial charge in [0, 0.05) is 12.3 Å². The minimum absolute atomic E-state index is 0.103. The fourth-order valence-electron chi connectivity index (χ4n) is 2.54. The van der Waals surface area contributed by atoms with Gasteiger partial charge in [-0.05, 0) is 6.92 Å². The maximum atomic E-state index is 15.2. The van der Waals surface area contributed by atoms with Crippen LogP contribution < -0.4 is 5.32 Å². The number of carbonyl (C=O) groups excluding carboxylic acids is 1. The first kappa shape index (κ1) is 26.6. The molecule has 2 heterocycles. The van der Waals surface area contributed by atoms with E-state index in [0.29, 0.717) is 0 Å². The summed E-state index contributed by atoms with van der Waals surface area (Å²) in [5, 5.41) is 12.6. The normalized spacial score (nSPS) is 35.5. The van der Waals surface area contributed by atoms with Gasteiger partial charge in [-0.3, -0.25) is 9.32 Å². The van der Waals surface area contributed by atoms with Crippen molar-refractivity contribution in [1.29, 1.82) is 0 Å². The molecule has 0 radical (unpaired) electrons. The number of rotatable bonds is 8. The molecule has 0 aliphatic carbocycles. The lowest BCUT2D eigenvalue weighted by molar-refractivity contribution is -0.207. The van der Waals surface area contributed by atoms with Gasteiger partial charge in [-0.1, -0.05) is 6.58 Å². The van der Waals surface area contributed by atoms with Gasteiger partial charge in [0.15, 0.2) is 6.23 Å². The summed E-state index contributed by atoms with van der Waals surface area (Å²) in [6.45, 7) is 3.04. The van der Waals surface area contributed by atoms with E-state index >= 15 is 4.39 Å². The second kappa shape index (κ2) is 8.58. The van der Waals surface area contributed by atoms with E-state index in [4.69, 9.17) is 31.0 Å². The van der Waals surface area contributed by atoms with E-state index in [2.05, 4.69) is 25.0 Å². The lowest BCUT2D eigenvalue weighted by atomic mass is 9.99. The van der Waals surface area contributed by atoms with Crippen LogP contribution in [0.25, 0.3) is 0 Å². The van der Waals surface area contributed by atoms with E-state index in [-0.39, 0.29) is 5.82 Å². The van der Waals surface area contributed by atoms with Crippen LogP contribution in [0.1, 0.15) is 6.92 Å². The molecule has 0 aromatic rings. The summed E-state index contributed by atoms with van der Waals surface area (Å²) in [5.74, 6) is -3.97. The summed E-state index contributed by atoms with van der Waals surface area (Å²) < 4.78 is 65.1. The van der Waals surface area contributed by atoms with E-state index in [0.717, 1.165) is 24.1 Å². The van der Waals surface area contributed by atoms with Crippen molar-refractivity contribution in [2.45, 2.75) is 30.0 Å². The summed E-state index contributed by atoms with van der Waals surface area (Å²) in [4.78, 5) is 45.9. The van der Waals surface area contributed by atoms with Crippen molar-refractivity contribution in [2.75, 3.05) is 6.61 Å². The molecule has 2 aliphatic heterocycles. The number of phosphoric acid groups is 3. The molecule has 1 saturated heterocycles. The van der Waals surface area contributed by atoms with Crippen molar-refractivity contribution < 1.29 is 65.4 Å². The summed E-state index contributed by atoms with van der Waals surface area (Å²) in [5.41, 5.74) is 0. The van der Waals surface area contributed by atoms with Crippen molar-refractivity contribution in [3.63, 3.8) is 0 Å². The molecule has 20 heteroatoms. The molecule has 2 aliphatic rings. The van der Waals surface area contributed by atoms with Crippen molar-refractivity contribution in [2.24, 2.45) is 0 Å². The average Bonchev–Trinajstić information content (AvgIpc) is 2.71. The summed E-state index contributed by atoms with van der Waals surface area (Å²) in [6.07, 6.45) is -1.64. The van der Waals surface area contributed by atoms with Gasteiger partial charge in [0.1, 0.15) is 23.4 Å². The molecule has 0 spiro atoms. The standard InChI is InChI=1S/C11H17ClFN2O13P3/c1-6-14-7(16)3-4-15(6)9-10(2,12)8(17)11(13,26-9)5-25-30(21,22)28-31(23,24)27-29(18,19)20/h3-4,8-9,17H,1,5H2,2H3,(H,14,16)(H,21,22)(H,23,24)(H2,18,19,20)/t8-,9+,10+,11+/m0/s1. The average molecular weight is 533 g/mol. The monoisotopic (exact) mass is 532 g/mol. The third-order valence-corrected chi connectivity index (χ3v) is 7.97. The summed E-state index contributed by atoms with van der Waals surface area (Å²) in [7, 11) is -17.1. The van der Waals surface area contributed by atoms with Gasteiger partial charge in [0.2, 0.25) is 0 Å². The summed E-state index contributed by atoms with van der Waals surface area (Å²) in [6, 6.07) is 0. The quantitative estimate of drug-likeness (QED) is 0.181. The molecule has 6 N–H and O–H groups in total. The number of nitrogens with zero attached hydrogens (tertiary/aromatic N) is 1. The van der Waals surface area contributed by atoms with E-state index in [9.17, 15) is 28.5 Å². The Kier molecular flexibility index (Phi) is 7.35. The maximum absolute atomic E-state index is 15.2. The molecule has 0 aromatic carbocycles. The number of carbonyl (C=O) groups is 1. The SMILES string of the molecule is C=C1NC(=O)C=CN1[C@@H]1O[C@](F)(COP(=O)(O)OP(=O)(O)OP(=O)(O)O)[C@@H](O)[C@@]1(C)Cl. The lowest BCUT2D eigenvalue weighted by Gasteiger charge is -2.36. The van der Waals surface area contributed by atoms with Crippen LogP contribution in [0.2, 0.25) is 0 Å². The van der Waals surface area contributed by atoms with Crippen LogP contribution in [-0.4, -0.2) is 65.2 Å². The Labute approximate surface area is 178 Å². The highest BCUT2D eigenvalue weighted by atomic mass is 35.5. The molecule has 1 fully saturated rings. The first-order chi connectivity index (χ1) is 13.8. The Morgan fingerprint density at radius 3 is 2.39 bits per heavy atom. The van der Waals surface area contributed by atoms with Crippen LogP contribution >= 0.6 is 35.1 Å². The van der Waals surface area contributed by atoms with Gasteiger partial charge < -0.3 is 39.6 Å². The van der Waals surface area contributed by atoms with Gasteiger partial charge in [0.05, 0.1) is 0 Å². The molecule has 0 bridgehead atoms. The number of ether oxygens (including phenoxy) is 1. The zero-order valence-corrected chi connectivity index (χ0v) is 18.7. The molecule has 2 rings (SSSR count). The van der Waals surface area contributed by atoms with Crippen LogP contribution in [0.15, 0.2) is 24.7 Å². The third-order valence-electron chi connectivity index (χ3n) is 3.79. The zero-order chi connectivity index (χ0) is 24.0. The number of amides is 1. The predicted octanol–water partition coefficient (Wildman–Crippen LogP) is 0.127. The number of hydrogen-bond acceptors (Lipinski definition) is 10. The summed E-state index contributed by atoms with van der Waals surface area (Å²) >= 11 is 6.18. The van der Waals surface area contributed by atoms with Gasteiger partial charge in [-0.2, -0.15) is 8.62 Å². The molecular formula is C11H17ClFN2O13P3. The highest BCUT2D eigenvalue weighted by molar-refractivity contribution is 7.66. The maximum Gasteiger partial charge on any atom is 0.490 e. The minimum atomic E-state index is -5.83. The Balaban J connectivity index is 2.16. The van der Waals surface area contributed by atoms with Crippen LogP contribution in [0.5, 0.6) is 0 Å². The Bertz CT molecular complexity index is 940. The van der Waals surface area contributed by atoms with E-state index in [1.807, 2.05) is 0 Å². The Hall–Kier alpha value is -0.700. The molecular weight excluding hydrogens is 515 g/mol. The first-order valence-corrected chi connectivity index (χ1v) is 12.7. The topological polar surface area (TPSA) is 222 Å². The van der Waals surface area contributed by atoms with Crippen molar-refractivity contribution in [1.82, 2.24) is 10.2 Å². The first-order valence-electron chi connectivity index (χ1n) is 7.76. The molecule has 178 valence electrons. The number of hydrogen-bond donors (Lipinski definition) is 6. The highest BCUT2D eigenvalue weighted by Gasteiger charge is 2.64. The number of aliphatic hydroxyl groups excluding tert-OH is 1. The highest BCUT2D eigenvalue weighted by Crippen LogP contribution is 2.66. The molecule has 6 atom stereocenters. The number of halogens is 2. The smallest absolute Gasteiger partial charge is 0.385 e. The minimum Gasteiger partial charge on any atom is -0.385 e. The second-order valence-electron chi connectivity index (χ2n) is 6.33. The van der Waals surface area contributed by atoms with E-state index in [1.54, 1.807) is 0 Å². The zero-order valence-electron chi connectivity index (χ0n) is 15.3. The van der Waals surface area contributed by atoms with Crippen LogP contribution in [0.4, 0.5) is 4.39 Å². The molecule has 31 heavy (non-hydrogen) atoms. The molecule has 15 nitrogen and oxygen atoms in total. The number of aliphatic hydroxyl groups is 1. The van der Waals surface area contributed by atoms with Gasteiger partial charge in [-0.15, -0.1) is 11.6 Å². The van der Waals surface area contributed by atoms with Crippen LogP contribution in [0.3, 0.4) is 0 Å². The number of phosphoric ester groups is 1. The van der Waals surface area contributed by atoms with Crippen molar-refractivity contribution >= 4 is 41.0 Å². The molecule has 1 amide bonds. The van der Waals surface area contributed by atoms with Gasteiger partial charge >= 0.3 is 23.5 Å². The van der Waals surface area contributed by atoms with Crippen molar-refractivity contribution in [3.8, 4) is 0 Å². The van der Waals surface area contributed by atoms with E-state index in [1.165, 1.54) is 0 Å². The molecule has 0 saturated carbocycles. The third kappa shape index (κ3) is 6.42. The number of nitrogens with one attached hydrogen (secondary N) is 1. The van der Waals surface area contributed by atoms with Crippen LogP contribution in [0, 0.1) is 0 Å². The molecule has 0 aromatic heterocycles. The van der Waals surface area contributed by atoms with Crippen LogP contribution in [-0.2, 0) is 36.4 Å². The van der Waals surface area contributed by atoms with Crippen molar-refractivity contribution in [3.05, 3.63) is 24.7 Å². The Morgan fingerprint density at radius 1 is 1.29 bits per heavy atom. The molecule has 2 unspecified atom stereocenters. The van der Waals surface area contributed by atoms with Gasteiger partial charge in [-0.25, -0.2) is 18.1 Å². The largest absolute Gasteiger partial charge is 0.490 e.